The van der Waals surface area contributed by atoms with E-state index >= 15 is 0 Å². The summed E-state index contributed by atoms with van der Waals surface area (Å²) < 4.78 is 37.8. The molecule has 0 bridgehead atoms. The molecule has 7 heteroatoms. The highest BCUT2D eigenvalue weighted by atomic mass is 19.1. The Kier molecular flexibility index (Phi) is 7.20. The van der Waals surface area contributed by atoms with Crippen molar-refractivity contribution >= 4 is 11.6 Å². The van der Waals surface area contributed by atoms with E-state index in [1.807, 2.05) is 19.9 Å². The highest BCUT2D eigenvalue weighted by Crippen LogP contribution is 2.30. The summed E-state index contributed by atoms with van der Waals surface area (Å²) in [5, 5.41) is 6.19. The third-order valence-electron chi connectivity index (χ3n) is 3.49. The second-order valence-electron chi connectivity index (χ2n) is 5.35. The summed E-state index contributed by atoms with van der Waals surface area (Å²) in [6.07, 6.45) is 0. The first kappa shape index (κ1) is 19.5. The Hall–Kier alpha value is -2.83. The molecule has 0 fully saturated rings. The van der Waals surface area contributed by atoms with Crippen LogP contribution < -0.4 is 20.1 Å². The predicted molar refractivity (Wildman–Crippen MR) is 99.0 cm³/mol. The molecule has 0 aliphatic carbocycles. The molecule has 0 aliphatic heterocycles. The highest BCUT2D eigenvalue weighted by Gasteiger charge is 2.08. The number of guanidine groups is 1. The molecule has 140 valence electrons. The molecule has 0 aromatic heterocycles. The maximum atomic E-state index is 13.7. The van der Waals surface area contributed by atoms with Gasteiger partial charge in [0.2, 0.25) is 0 Å². The molecule has 0 saturated carbocycles. The smallest absolute Gasteiger partial charge is 0.196 e. The Morgan fingerprint density at radius 1 is 1.08 bits per heavy atom. The van der Waals surface area contributed by atoms with Gasteiger partial charge in [0.25, 0.3) is 0 Å². The van der Waals surface area contributed by atoms with Gasteiger partial charge >= 0.3 is 0 Å². The summed E-state index contributed by atoms with van der Waals surface area (Å²) in [6, 6.07) is 8.71. The van der Waals surface area contributed by atoms with Gasteiger partial charge < -0.3 is 20.1 Å². The number of halogens is 2. The van der Waals surface area contributed by atoms with Gasteiger partial charge in [0, 0.05) is 23.9 Å². The van der Waals surface area contributed by atoms with Crippen molar-refractivity contribution in [2.75, 3.05) is 25.6 Å². The first-order valence-corrected chi connectivity index (χ1v) is 8.37. The van der Waals surface area contributed by atoms with Gasteiger partial charge in [-0.2, -0.15) is 0 Å². The number of nitrogens with one attached hydrogen (secondary N) is 2. The Morgan fingerprint density at radius 2 is 1.88 bits per heavy atom. The van der Waals surface area contributed by atoms with Gasteiger partial charge in [-0.25, -0.2) is 13.8 Å². The van der Waals surface area contributed by atoms with Crippen LogP contribution in [0.15, 0.2) is 41.4 Å². The Labute approximate surface area is 152 Å². The minimum Gasteiger partial charge on any atom is -0.493 e. The van der Waals surface area contributed by atoms with E-state index in [0.717, 1.165) is 23.9 Å². The number of methoxy groups -OCH3 is 1. The molecule has 0 amide bonds. The van der Waals surface area contributed by atoms with Crippen LogP contribution in [0.2, 0.25) is 0 Å². The van der Waals surface area contributed by atoms with E-state index in [2.05, 4.69) is 15.6 Å². The van der Waals surface area contributed by atoms with Crippen LogP contribution in [0.1, 0.15) is 19.4 Å². The van der Waals surface area contributed by atoms with Crippen molar-refractivity contribution in [2.45, 2.75) is 20.4 Å². The van der Waals surface area contributed by atoms with Crippen LogP contribution in [-0.2, 0) is 6.54 Å². The summed E-state index contributed by atoms with van der Waals surface area (Å²) in [4.78, 5) is 4.31. The maximum Gasteiger partial charge on any atom is 0.196 e. The number of aliphatic imine (C=N–C) groups is 1. The van der Waals surface area contributed by atoms with Gasteiger partial charge in [-0.1, -0.05) is 0 Å². The third kappa shape index (κ3) is 5.34. The molecule has 0 aliphatic rings. The molecule has 2 aromatic carbocycles. The van der Waals surface area contributed by atoms with Gasteiger partial charge in [-0.3, -0.25) is 0 Å². The fraction of sp³-hybridized carbons (Fsp3) is 0.316. The lowest BCUT2D eigenvalue weighted by Crippen LogP contribution is -2.30. The molecular formula is C19H23F2N3O2. The van der Waals surface area contributed by atoms with Gasteiger partial charge in [-0.05, 0) is 44.2 Å². The van der Waals surface area contributed by atoms with E-state index in [1.54, 1.807) is 19.2 Å². The van der Waals surface area contributed by atoms with E-state index in [0.29, 0.717) is 30.6 Å². The van der Waals surface area contributed by atoms with E-state index in [4.69, 9.17) is 9.47 Å². The molecule has 0 heterocycles. The molecule has 0 radical (unpaired) electrons. The minimum absolute atomic E-state index is 0.00734. The fourth-order valence-electron chi connectivity index (χ4n) is 2.30. The van der Waals surface area contributed by atoms with Crippen molar-refractivity contribution in [2.24, 2.45) is 4.99 Å². The molecule has 26 heavy (non-hydrogen) atoms. The first-order valence-electron chi connectivity index (χ1n) is 8.37. The average Bonchev–Trinajstić information content (AvgIpc) is 2.63. The molecule has 0 unspecified atom stereocenters. The molecule has 2 rings (SSSR count). The summed E-state index contributed by atoms with van der Waals surface area (Å²) >= 11 is 0. The largest absolute Gasteiger partial charge is 0.493 e. The van der Waals surface area contributed by atoms with E-state index in [1.165, 1.54) is 0 Å². The van der Waals surface area contributed by atoms with Gasteiger partial charge in [0.15, 0.2) is 17.5 Å². The maximum absolute atomic E-state index is 13.7. The van der Waals surface area contributed by atoms with Crippen LogP contribution in [0.5, 0.6) is 11.5 Å². The number of hydrogen-bond donors (Lipinski definition) is 2. The number of rotatable bonds is 7. The lowest BCUT2D eigenvalue weighted by Gasteiger charge is -2.14. The molecule has 2 aromatic rings. The molecular weight excluding hydrogens is 340 g/mol. The number of anilines is 1. The number of benzene rings is 2. The van der Waals surface area contributed by atoms with Crippen molar-refractivity contribution in [3.63, 3.8) is 0 Å². The van der Waals surface area contributed by atoms with Crippen LogP contribution in [0.25, 0.3) is 0 Å². The standard InChI is InChI=1S/C19H23F2N3O2/c1-4-22-19(23-12-13-10-14(20)6-8-16(13)21)24-15-7-9-17(25-3)18(11-15)26-5-2/h6-11H,4-5,12H2,1-3H3,(H2,22,23,24). The molecule has 0 spiro atoms. The topological polar surface area (TPSA) is 54.9 Å². The van der Waals surface area contributed by atoms with Crippen LogP contribution in [-0.4, -0.2) is 26.2 Å². The van der Waals surface area contributed by atoms with E-state index in [-0.39, 0.29) is 12.1 Å². The van der Waals surface area contributed by atoms with Crippen molar-refractivity contribution in [1.82, 2.24) is 5.32 Å². The van der Waals surface area contributed by atoms with Crippen LogP contribution in [0.4, 0.5) is 14.5 Å². The first-order chi connectivity index (χ1) is 12.6. The Balaban J connectivity index is 2.19. The average molecular weight is 363 g/mol. The van der Waals surface area contributed by atoms with Gasteiger partial charge in [0.1, 0.15) is 11.6 Å². The number of hydrogen-bond acceptors (Lipinski definition) is 3. The van der Waals surface area contributed by atoms with Crippen molar-refractivity contribution in [3.05, 3.63) is 53.6 Å². The molecule has 0 saturated heterocycles. The zero-order valence-corrected chi connectivity index (χ0v) is 15.1. The summed E-state index contributed by atoms with van der Waals surface area (Å²) in [6.45, 7) is 4.93. The number of ether oxygens (including phenoxy) is 2. The van der Waals surface area contributed by atoms with Gasteiger partial charge in [0.05, 0.1) is 20.3 Å². The zero-order chi connectivity index (χ0) is 18.9. The molecule has 2 N–H and O–H groups in total. The van der Waals surface area contributed by atoms with Crippen LogP contribution in [0.3, 0.4) is 0 Å². The third-order valence-corrected chi connectivity index (χ3v) is 3.49. The quantitative estimate of drug-likeness (QED) is 0.578. The normalized spacial score (nSPS) is 11.2. The van der Waals surface area contributed by atoms with Crippen LogP contribution in [0, 0.1) is 11.6 Å². The monoisotopic (exact) mass is 363 g/mol. The SMILES string of the molecule is CCNC(=NCc1cc(F)ccc1F)Nc1ccc(OC)c(OCC)c1. The van der Waals surface area contributed by atoms with Gasteiger partial charge in [-0.15, -0.1) is 0 Å². The fourth-order valence-corrected chi connectivity index (χ4v) is 2.30. The minimum atomic E-state index is -0.494. The molecule has 5 nitrogen and oxygen atoms in total. The Morgan fingerprint density at radius 3 is 2.58 bits per heavy atom. The van der Waals surface area contributed by atoms with Crippen molar-refractivity contribution < 1.29 is 18.3 Å². The Bertz CT molecular complexity index is 766. The number of nitrogens with zero attached hydrogens (tertiary/aromatic N) is 1. The zero-order valence-electron chi connectivity index (χ0n) is 15.1. The lowest BCUT2D eigenvalue weighted by atomic mass is 10.2. The van der Waals surface area contributed by atoms with Crippen molar-refractivity contribution in [3.8, 4) is 11.5 Å². The van der Waals surface area contributed by atoms with E-state index < -0.39 is 11.6 Å². The second-order valence-corrected chi connectivity index (χ2v) is 5.35. The highest BCUT2D eigenvalue weighted by molar-refractivity contribution is 5.93. The second kappa shape index (κ2) is 9.60. The summed E-state index contributed by atoms with van der Waals surface area (Å²) in [5.41, 5.74) is 0.917. The molecule has 0 atom stereocenters. The summed E-state index contributed by atoms with van der Waals surface area (Å²) in [7, 11) is 1.57. The summed E-state index contributed by atoms with van der Waals surface area (Å²) in [5.74, 6) is 0.692. The predicted octanol–water partition coefficient (Wildman–Crippen LogP) is 3.95. The lowest BCUT2D eigenvalue weighted by molar-refractivity contribution is 0.311. The van der Waals surface area contributed by atoms with Crippen molar-refractivity contribution in [1.29, 1.82) is 0 Å². The van der Waals surface area contributed by atoms with E-state index in [9.17, 15) is 8.78 Å². The van der Waals surface area contributed by atoms with Crippen LogP contribution >= 0.6 is 0 Å².